The fraction of sp³-hybridized carbons (Fsp3) is 1.00. The van der Waals surface area contributed by atoms with Gasteiger partial charge in [0.2, 0.25) is 0 Å². The molecule has 0 rings (SSSR count). The fourth-order valence-corrected chi connectivity index (χ4v) is 2.31. The average Bonchev–Trinajstić information content (AvgIpc) is 2.29. The van der Waals surface area contributed by atoms with Gasteiger partial charge in [0.25, 0.3) is 0 Å². The van der Waals surface area contributed by atoms with E-state index in [2.05, 4.69) is 9.05 Å². The van der Waals surface area contributed by atoms with Gasteiger partial charge in [-0.15, -0.1) is 0 Å². The van der Waals surface area contributed by atoms with E-state index in [1.54, 1.807) is 0 Å². The second-order valence-corrected chi connectivity index (χ2v) is 6.45. The Balaban J connectivity index is 4.20. The molecule has 0 radical (unpaired) electrons. The van der Waals surface area contributed by atoms with Crippen LogP contribution in [0.3, 0.4) is 0 Å². The maximum absolute atomic E-state index is 13.1. The summed E-state index contributed by atoms with van der Waals surface area (Å²) in [6.07, 6.45) is -2.88. The molecule has 0 heterocycles. The van der Waals surface area contributed by atoms with Gasteiger partial charge in [0.1, 0.15) is 6.10 Å². The molecule has 2 N–H and O–H groups in total. The number of alkyl halides is 3. The summed E-state index contributed by atoms with van der Waals surface area (Å²) in [5.41, 5.74) is 0. The van der Waals surface area contributed by atoms with Crippen molar-refractivity contribution < 1.29 is 50.9 Å². The number of phosphoric acid groups is 2. The Bertz CT molecular complexity index is 395. The number of phosphoric ester groups is 2. The Morgan fingerprint density at radius 2 is 1.71 bits per heavy atom. The van der Waals surface area contributed by atoms with Crippen molar-refractivity contribution in [2.24, 2.45) is 0 Å². The maximum atomic E-state index is 13.1. The Morgan fingerprint density at radius 1 is 1.14 bits per heavy atom. The first-order valence-corrected chi connectivity index (χ1v) is 8.71. The SMILES string of the molecule is O=P([O-])([O-])OC(CCCCCOP(=O)(O)O)C(F)(F)CF. The highest BCUT2D eigenvalue weighted by Crippen LogP contribution is 2.37. The number of hydrogen-bond acceptors (Lipinski definition) is 6. The lowest BCUT2D eigenvalue weighted by atomic mass is 10.1. The molecule has 8 nitrogen and oxygen atoms in total. The molecular weight excluding hydrogens is 343 g/mol. The molecule has 128 valence electrons. The van der Waals surface area contributed by atoms with Crippen LogP contribution in [0.5, 0.6) is 0 Å². The molecular formula is C8H15F3O8P2-2. The lowest BCUT2D eigenvalue weighted by molar-refractivity contribution is -0.350. The zero-order valence-corrected chi connectivity index (χ0v) is 12.5. The van der Waals surface area contributed by atoms with E-state index < -0.39 is 40.8 Å². The molecule has 0 aliphatic carbocycles. The van der Waals surface area contributed by atoms with E-state index in [0.717, 1.165) is 0 Å². The standard InChI is InChI=1S/C8H17F3O8P2/c9-6-8(10,11)7(19-21(15,16)17)4-2-1-3-5-18-20(12,13)14/h7H,1-6H2,(H2,12,13,14)(H2,15,16,17)/p-2. The topological polar surface area (TPSA) is 139 Å². The molecule has 0 aromatic rings. The highest BCUT2D eigenvalue weighted by molar-refractivity contribution is 7.46. The minimum atomic E-state index is -5.69. The van der Waals surface area contributed by atoms with E-state index in [1.807, 2.05) is 0 Å². The van der Waals surface area contributed by atoms with Crippen LogP contribution >= 0.6 is 15.6 Å². The molecule has 1 unspecified atom stereocenters. The average molecular weight is 358 g/mol. The van der Waals surface area contributed by atoms with Gasteiger partial charge >= 0.3 is 13.7 Å². The van der Waals surface area contributed by atoms with Crippen LogP contribution in [0.4, 0.5) is 13.2 Å². The van der Waals surface area contributed by atoms with Gasteiger partial charge in [-0.25, -0.2) is 17.7 Å². The van der Waals surface area contributed by atoms with Crippen molar-refractivity contribution >= 4 is 15.6 Å². The van der Waals surface area contributed by atoms with Gasteiger partial charge < -0.3 is 28.7 Å². The van der Waals surface area contributed by atoms with Gasteiger partial charge in [-0.2, -0.15) is 0 Å². The van der Waals surface area contributed by atoms with Crippen LogP contribution in [-0.4, -0.2) is 35.1 Å². The van der Waals surface area contributed by atoms with E-state index in [0.29, 0.717) is 0 Å². The number of unbranched alkanes of at least 4 members (excludes halogenated alkanes) is 2. The molecule has 0 aliphatic heterocycles. The Morgan fingerprint density at radius 3 is 2.14 bits per heavy atom. The quantitative estimate of drug-likeness (QED) is 0.401. The van der Waals surface area contributed by atoms with Crippen molar-refractivity contribution in [3.63, 3.8) is 0 Å². The Kier molecular flexibility index (Phi) is 8.60. The first kappa shape index (κ1) is 21.0. The number of hydrogen-bond donors (Lipinski definition) is 2. The van der Waals surface area contributed by atoms with Crippen LogP contribution in [0.15, 0.2) is 0 Å². The third kappa shape index (κ3) is 11.3. The number of halogens is 3. The van der Waals surface area contributed by atoms with Gasteiger partial charge in [-0.3, -0.25) is 4.52 Å². The molecule has 0 saturated heterocycles. The van der Waals surface area contributed by atoms with Crippen LogP contribution in [-0.2, 0) is 18.2 Å². The van der Waals surface area contributed by atoms with Crippen molar-refractivity contribution in [1.29, 1.82) is 0 Å². The second-order valence-electron chi connectivity index (χ2n) is 4.11. The molecule has 0 aromatic carbocycles. The summed E-state index contributed by atoms with van der Waals surface area (Å²) in [4.78, 5) is 37.4. The Hall–Kier alpha value is 0.01000. The van der Waals surface area contributed by atoms with Gasteiger partial charge in [-0.05, 0) is 12.8 Å². The van der Waals surface area contributed by atoms with Crippen molar-refractivity contribution in [3.8, 4) is 0 Å². The van der Waals surface area contributed by atoms with Gasteiger partial charge in [0.15, 0.2) is 6.67 Å². The van der Waals surface area contributed by atoms with Crippen molar-refractivity contribution in [3.05, 3.63) is 0 Å². The first-order chi connectivity index (χ1) is 9.37. The summed E-state index contributed by atoms with van der Waals surface area (Å²) in [5.74, 6) is -4.12. The van der Waals surface area contributed by atoms with Crippen LogP contribution in [0.1, 0.15) is 25.7 Å². The summed E-state index contributed by atoms with van der Waals surface area (Å²) in [6.45, 7) is -2.52. The van der Waals surface area contributed by atoms with Crippen molar-refractivity contribution in [1.82, 2.24) is 0 Å². The summed E-state index contributed by atoms with van der Waals surface area (Å²) in [7, 11) is -10.3. The molecule has 1 atom stereocenters. The number of rotatable bonds is 11. The normalized spacial score (nSPS) is 15.2. The molecule has 0 spiro atoms. The molecule has 0 bridgehead atoms. The summed E-state index contributed by atoms with van der Waals surface area (Å²) >= 11 is 0. The zero-order chi connectivity index (χ0) is 16.7. The molecule has 13 heteroatoms. The largest absolute Gasteiger partial charge is 0.790 e. The maximum Gasteiger partial charge on any atom is 0.469 e. The third-order valence-corrected chi connectivity index (χ3v) is 3.31. The van der Waals surface area contributed by atoms with Crippen LogP contribution in [0, 0.1) is 0 Å². The van der Waals surface area contributed by atoms with Crippen LogP contribution in [0.2, 0.25) is 0 Å². The molecule has 0 saturated carbocycles. The van der Waals surface area contributed by atoms with E-state index in [9.17, 15) is 32.1 Å². The first-order valence-electron chi connectivity index (χ1n) is 5.72. The van der Waals surface area contributed by atoms with Crippen LogP contribution in [0.25, 0.3) is 0 Å². The molecule has 0 aromatic heterocycles. The lowest BCUT2D eigenvalue weighted by Gasteiger charge is -2.36. The van der Waals surface area contributed by atoms with Crippen molar-refractivity contribution in [2.45, 2.75) is 37.7 Å². The van der Waals surface area contributed by atoms with Gasteiger partial charge in [-0.1, -0.05) is 12.8 Å². The summed E-state index contributed by atoms with van der Waals surface area (Å²) in [5, 5.41) is 0. The third-order valence-electron chi connectivity index (χ3n) is 2.28. The molecule has 0 fully saturated rings. The van der Waals surface area contributed by atoms with E-state index in [-0.39, 0.29) is 25.9 Å². The van der Waals surface area contributed by atoms with E-state index in [4.69, 9.17) is 9.79 Å². The van der Waals surface area contributed by atoms with Crippen LogP contribution < -0.4 is 9.79 Å². The van der Waals surface area contributed by atoms with E-state index in [1.165, 1.54) is 0 Å². The van der Waals surface area contributed by atoms with Gasteiger partial charge in [0, 0.05) is 0 Å². The second kappa shape index (κ2) is 8.59. The predicted octanol–water partition coefficient (Wildman–Crippen LogP) is 0.475. The zero-order valence-electron chi connectivity index (χ0n) is 10.7. The fourth-order valence-electron chi connectivity index (χ4n) is 1.37. The monoisotopic (exact) mass is 358 g/mol. The lowest BCUT2D eigenvalue weighted by Crippen LogP contribution is -2.39. The summed E-state index contributed by atoms with van der Waals surface area (Å²) in [6, 6.07) is 0. The summed E-state index contributed by atoms with van der Waals surface area (Å²) < 4.78 is 66.6. The van der Waals surface area contributed by atoms with E-state index >= 15 is 0 Å². The predicted molar refractivity (Wildman–Crippen MR) is 59.9 cm³/mol. The minimum absolute atomic E-state index is 0.0786. The highest BCUT2D eigenvalue weighted by Gasteiger charge is 2.40. The minimum Gasteiger partial charge on any atom is -0.790 e. The highest BCUT2D eigenvalue weighted by atomic mass is 31.2. The van der Waals surface area contributed by atoms with Crippen molar-refractivity contribution in [2.75, 3.05) is 13.3 Å². The molecule has 0 amide bonds. The smallest absolute Gasteiger partial charge is 0.469 e. The Labute approximate surface area is 118 Å². The molecule has 21 heavy (non-hydrogen) atoms. The van der Waals surface area contributed by atoms with Gasteiger partial charge in [0.05, 0.1) is 14.4 Å². The molecule has 0 aliphatic rings.